The molecule has 1 heterocycles. The van der Waals surface area contributed by atoms with Crippen molar-refractivity contribution in [2.75, 3.05) is 26.2 Å². The Morgan fingerprint density at radius 3 is 2.58 bits per heavy atom. The van der Waals surface area contributed by atoms with Gasteiger partial charge in [0.1, 0.15) is 0 Å². The molecule has 1 unspecified atom stereocenters. The van der Waals surface area contributed by atoms with E-state index in [-0.39, 0.29) is 0 Å². The summed E-state index contributed by atoms with van der Waals surface area (Å²) in [6, 6.07) is 11.4. The first-order valence-corrected chi connectivity index (χ1v) is 7.91. The zero-order chi connectivity index (χ0) is 13.3. The third-order valence-electron chi connectivity index (χ3n) is 4.02. The molecule has 1 aliphatic rings. The molecular formula is C17H28N2. The van der Waals surface area contributed by atoms with Crippen molar-refractivity contribution in [3.8, 4) is 0 Å². The predicted molar refractivity (Wildman–Crippen MR) is 82.4 cm³/mol. The average molecular weight is 260 g/mol. The molecule has 1 aromatic rings. The van der Waals surface area contributed by atoms with Gasteiger partial charge in [0.15, 0.2) is 0 Å². The fourth-order valence-corrected chi connectivity index (χ4v) is 2.95. The summed E-state index contributed by atoms with van der Waals surface area (Å²) in [5, 5.41) is 3.73. The highest BCUT2D eigenvalue weighted by Gasteiger charge is 2.12. The Balaban J connectivity index is 1.71. The minimum Gasteiger partial charge on any atom is -0.310 e. The maximum Gasteiger partial charge on any atom is 0.0320 e. The highest BCUT2D eigenvalue weighted by Crippen LogP contribution is 2.18. The van der Waals surface area contributed by atoms with Gasteiger partial charge in [-0.15, -0.1) is 0 Å². The molecule has 1 saturated heterocycles. The maximum absolute atomic E-state index is 3.73. The van der Waals surface area contributed by atoms with Crippen LogP contribution in [0, 0.1) is 0 Å². The summed E-state index contributed by atoms with van der Waals surface area (Å²) in [7, 11) is 0. The van der Waals surface area contributed by atoms with Gasteiger partial charge in [-0.25, -0.2) is 0 Å². The number of benzene rings is 1. The molecule has 0 radical (unpaired) electrons. The molecule has 0 aromatic heterocycles. The van der Waals surface area contributed by atoms with Crippen LogP contribution in [-0.4, -0.2) is 31.1 Å². The smallest absolute Gasteiger partial charge is 0.0320 e. The third-order valence-corrected chi connectivity index (χ3v) is 4.02. The highest BCUT2D eigenvalue weighted by molar-refractivity contribution is 5.18. The predicted octanol–water partition coefficient (Wildman–Crippen LogP) is 3.60. The average Bonchev–Trinajstić information content (AvgIpc) is 2.96. The van der Waals surface area contributed by atoms with Crippen LogP contribution in [0.15, 0.2) is 30.3 Å². The summed E-state index contributed by atoms with van der Waals surface area (Å²) in [6.07, 6.45) is 6.53. The van der Waals surface area contributed by atoms with Gasteiger partial charge in [0.05, 0.1) is 0 Å². The summed E-state index contributed by atoms with van der Waals surface area (Å²) in [5.41, 5.74) is 1.44. The number of nitrogens with zero attached hydrogens (tertiary/aromatic N) is 1. The van der Waals surface area contributed by atoms with E-state index in [1.807, 2.05) is 0 Å². The summed E-state index contributed by atoms with van der Waals surface area (Å²) < 4.78 is 0. The van der Waals surface area contributed by atoms with E-state index in [1.54, 1.807) is 0 Å². The Labute approximate surface area is 118 Å². The van der Waals surface area contributed by atoms with E-state index in [0.29, 0.717) is 6.04 Å². The van der Waals surface area contributed by atoms with E-state index in [0.717, 1.165) is 6.54 Å². The van der Waals surface area contributed by atoms with Gasteiger partial charge in [0.2, 0.25) is 0 Å². The quantitative estimate of drug-likeness (QED) is 0.718. The molecule has 0 saturated carbocycles. The molecule has 2 nitrogen and oxygen atoms in total. The van der Waals surface area contributed by atoms with Crippen molar-refractivity contribution in [3.63, 3.8) is 0 Å². The Kier molecular flexibility index (Phi) is 6.38. The number of hydrogen-bond donors (Lipinski definition) is 1. The number of likely N-dealkylation sites (tertiary alicyclic amines) is 1. The minimum absolute atomic E-state index is 0.532. The molecule has 1 aromatic carbocycles. The van der Waals surface area contributed by atoms with E-state index in [9.17, 15) is 0 Å². The fraction of sp³-hybridized carbons (Fsp3) is 0.647. The Bertz CT molecular complexity index is 330. The lowest BCUT2D eigenvalue weighted by Gasteiger charge is -2.20. The molecule has 2 heteroatoms. The maximum atomic E-state index is 3.73. The topological polar surface area (TPSA) is 15.3 Å². The van der Waals surface area contributed by atoms with Gasteiger partial charge >= 0.3 is 0 Å². The van der Waals surface area contributed by atoms with Crippen molar-refractivity contribution in [2.45, 2.75) is 45.1 Å². The van der Waals surface area contributed by atoms with Crippen molar-refractivity contribution >= 4 is 0 Å². The highest BCUT2D eigenvalue weighted by atomic mass is 15.1. The molecule has 19 heavy (non-hydrogen) atoms. The Morgan fingerprint density at radius 2 is 1.89 bits per heavy atom. The van der Waals surface area contributed by atoms with E-state index in [4.69, 9.17) is 0 Å². The minimum atomic E-state index is 0.532. The normalized spacial score (nSPS) is 17.7. The molecule has 2 rings (SSSR count). The molecule has 0 amide bonds. The van der Waals surface area contributed by atoms with Gasteiger partial charge in [-0.3, -0.25) is 0 Å². The standard InChI is InChI=1S/C17H28N2/c1-2-9-17(16-10-4-3-5-11-16)18-12-8-15-19-13-6-7-14-19/h3-5,10-11,17-18H,2,6-9,12-15H2,1H3. The van der Waals surface area contributed by atoms with Gasteiger partial charge in [0, 0.05) is 6.04 Å². The fourth-order valence-electron chi connectivity index (χ4n) is 2.95. The summed E-state index contributed by atoms with van der Waals surface area (Å²) in [5.74, 6) is 0. The van der Waals surface area contributed by atoms with Crippen molar-refractivity contribution in [2.24, 2.45) is 0 Å². The van der Waals surface area contributed by atoms with Crippen LogP contribution >= 0.6 is 0 Å². The van der Waals surface area contributed by atoms with Crippen LogP contribution in [0.4, 0.5) is 0 Å². The second-order valence-electron chi connectivity index (χ2n) is 5.61. The molecule has 0 bridgehead atoms. The Morgan fingerprint density at radius 1 is 1.16 bits per heavy atom. The first-order chi connectivity index (χ1) is 9.40. The van der Waals surface area contributed by atoms with Crippen molar-refractivity contribution in [1.82, 2.24) is 10.2 Å². The van der Waals surface area contributed by atoms with Crippen LogP contribution in [0.1, 0.15) is 50.6 Å². The van der Waals surface area contributed by atoms with Gasteiger partial charge < -0.3 is 10.2 Å². The van der Waals surface area contributed by atoms with Crippen LogP contribution in [0.5, 0.6) is 0 Å². The molecular weight excluding hydrogens is 232 g/mol. The van der Waals surface area contributed by atoms with E-state index in [2.05, 4.69) is 47.5 Å². The Hall–Kier alpha value is -0.860. The third kappa shape index (κ3) is 4.96. The summed E-state index contributed by atoms with van der Waals surface area (Å²) in [6.45, 7) is 7.30. The molecule has 1 fully saturated rings. The molecule has 106 valence electrons. The SMILES string of the molecule is CCCC(NCCCN1CCCC1)c1ccccc1. The van der Waals surface area contributed by atoms with Gasteiger partial charge in [0.25, 0.3) is 0 Å². The van der Waals surface area contributed by atoms with Crippen molar-refractivity contribution < 1.29 is 0 Å². The van der Waals surface area contributed by atoms with Crippen LogP contribution in [0.25, 0.3) is 0 Å². The zero-order valence-corrected chi connectivity index (χ0v) is 12.3. The van der Waals surface area contributed by atoms with Gasteiger partial charge in [-0.1, -0.05) is 43.7 Å². The number of rotatable bonds is 8. The molecule has 1 atom stereocenters. The first-order valence-electron chi connectivity index (χ1n) is 7.91. The van der Waals surface area contributed by atoms with E-state index >= 15 is 0 Å². The van der Waals surface area contributed by atoms with Crippen molar-refractivity contribution in [3.05, 3.63) is 35.9 Å². The monoisotopic (exact) mass is 260 g/mol. The van der Waals surface area contributed by atoms with E-state index < -0.39 is 0 Å². The van der Waals surface area contributed by atoms with Gasteiger partial charge in [-0.05, 0) is 57.4 Å². The first kappa shape index (κ1) is 14.5. The lowest BCUT2D eigenvalue weighted by Crippen LogP contribution is -2.27. The largest absolute Gasteiger partial charge is 0.310 e. The van der Waals surface area contributed by atoms with Crippen molar-refractivity contribution in [1.29, 1.82) is 0 Å². The second kappa shape index (κ2) is 8.34. The molecule has 1 N–H and O–H groups in total. The van der Waals surface area contributed by atoms with Crippen LogP contribution in [0.3, 0.4) is 0 Å². The van der Waals surface area contributed by atoms with Crippen LogP contribution in [0.2, 0.25) is 0 Å². The van der Waals surface area contributed by atoms with Crippen LogP contribution < -0.4 is 5.32 Å². The molecule has 0 aliphatic carbocycles. The number of hydrogen-bond acceptors (Lipinski definition) is 2. The lowest BCUT2D eigenvalue weighted by molar-refractivity contribution is 0.326. The lowest BCUT2D eigenvalue weighted by atomic mass is 10.0. The van der Waals surface area contributed by atoms with Crippen LogP contribution in [-0.2, 0) is 0 Å². The summed E-state index contributed by atoms with van der Waals surface area (Å²) in [4.78, 5) is 2.60. The zero-order valence-electron chi connectivity index (χ0n) is 12.3. The number of nitrogens with one attached hydrogen (secondary N) is 1. The molecule has 0 spiro atoms. The van der Waals surface area contributed by atoms with Gasteiger partial charge in [-0.2, -0.15) is 0 Å². The van der Waals surface area contributed by atoms with E-state index in [1.165, 1.54) is 57.3 Å². The molecule has 1 aliphatic heterocycles. The second-order valence-corrected chi connectivity index (χ2v) is 5.61. The summed E-state index contributed by atoms with van der Waals surface area (Å²) >= 11 is 0.